The first-order valence-electron chi connectivity index (χ1n) is 7.02. The van der Waals surface area contributed by atoms with Crippen molar-refractivity contribution < 1.29 is 19.6 Å². The van der Waals surface area contributed by atoms with Crippen LogP contribution in [-0.4, -0.2) is 41.5 Å². The van der Waals surface area contributed by atoms with Crippen LogP contribution in [0.25, 0.3) is 0 Å². The van der Waals surface area contributed by atoms with Gasteiger partial charge in [-0.1, -0.05) is 0 Å². The summed E-state index contributed by atoms with van der Waals surface area (Å²) >= 11 is 0. The summed E-state index contributed by atoms with van der Waals surface area (Å²) in [5.41, 5.74) is 0.443. The Bertz CT molecular complexity index is 596. The van der Waals surface area contributed by atoms with Crippen molar-refractivity contribution in [1.29, 1.82) is 0 Å². The maximum Gasteiger partial charge on any atom is 0.322 e. The smallest absolute Gasteiger partial charge is 0.322 e. The quantitative estimate of drug-likeness (QED) is 0.628. The van der Waals surface area contributed by atoms with Gasteiger partial charge in [0.1, 0.15) is 12.2 Å². The Morgan fingerprint density at radius 3 is 2.55 bits per heavy atom. The molecular weight excluding hydrogens is 290 g/mol. The molecule has 2 N–H and O–H groups in total. The molecule has 2 rings (SSSR count). The molecule has 0 spiro atoms. The van der Waals surface area contributed by atoms with Gasteiger partial charge < -0.3 is 15.3 Å². The van der Waals surface area contributed by atoms with E-state index in [9.17, 15) is 19.7 Å². The van der Waals surface area contributed by atoms with Gasteiger partial charge in [0.05, 0.1) is 4.92 Å². The van der Waals surface area contributed by atoms with E-state index in [0.29, 0.717) is 5.69 Å². The lowest BCUT2D eigenvalue weighted by Gasteiger charge is -2.28. The van der Waals surface area contributed by atoms with E-state index in [4.69, 9.17) is 5.11 Å². The van der Waals surface area contributed by atoms with Crippen LogP contribution < -0.4 is 10.2 Å². The number of nitro benzene ring substituents is 1. The Morgan fingerprint density at radius 1 is 1.27 bits per heavy atom. The number of aliphatic carboxylic acids is 1. The first-order chi connectivity index (χ1) is 10.5. The fraction of sp³-hybridized carbons (Fsp3) is 0.429. The average Bonchev–Trinajstić information content (AvgIpc) is 2.52. The van der Waals surface area contributed by atoms with Gasteiger partial charge in [0, 0.05) is 24.7 Å². The Kier molecular flexibility index (Phi) is 4.92. The van der Waals surface area contributed by atoms with Gasteiger partial charge in [-0.05, 0) is 31.4 Å². The van der Waals surface area contributed by atoms with Crippen molar-refractivity contribution in [3.63, 3.8) is 0 Å². The van der Waals surface area contributed by atoms with Crippen molar-refractivity contribution in [3.8, 4) is 0 Å². The molecule has 22 heavy (non-hydrogen) atoms. The molecule has 0 atom stereocenters. The van der Waals surface area contributed by atoms with Gasteiger partial charge in [-0.3, -0.25) is 19.7 Å². The number of hydrogen-bond donors (Lipinski definition) is 2. The van der Waals surface area contributed by atoms with E-state index in [1.54, 1.807) is 6.07 Å². The van der Waals surface area contributed by atoms with Crippen molar-refractivity contribution >= 4 is 23.3 Å². The normalized spacial score (nSPS) is 14.5. The van der Waals surface area contributed by atoms with Crippen LogP contribution in [0.2, 0.25) is 0 Å². The molecule has 0 aromatic heterocycles. The van der Waals surface area contributed by atoms with Gasteiger partial charge in [-0.15, -0.1) is 0 Å². The maximum atomic E-state index is 11.8. The number of rotatable bonds is 5. The third-order valence-corrected chi connectivity index (χ3v) is 3.53. The van der Waals surface area contributed by atoms with E-state index in [1.807, 2.05) is 4.90 Å². The number of piperidine rings is 1. The lowest BCUT2D eigenvalue weighted by molar-refractivity contribution is -0.384. The van der Waals surface area contributed by atoms with E-state index < -0.39 is 23.3 Å². The highest BCUT2D eigenvalue weighted by Gasteiger charge is 2.23. The Morgan fingerprint density at radius 2 is 1.95 bits per heavy atom. The van der Waals surface area contributed by atoms with Crippen molar-refractivity contribution in [2.75, 3.05) is 24.5 Å². The predicted molar refractivity (Wildman–Crippen MR) is 79.1 cm³/mol. The summed E-state index contributed by atoms with van der Waals surface area (Å²) in [6, 6.07) is 4.23. The minimum Gasteiger partial charge on any atom is -0.480 e. The lowest BCUT2D eigenvalue weighted by atomic mass is 10.1. The third kappa shape index (κ3) is 3.72. The second-order valence-corrected chi connectivity index (χ2v) is 5.08. The molecule has 1 aromatic rings. The molecule has 0 aliphatic carbocycles. The molecule has 0 saturated carbocycles. The summed E-state index contributed by atoms with van der Waals surface area (Å²) in [6.07, 6.45) is 3.08. The maximum absolute atomic E-state index is 11.8. The molecule has 8 heteroatoms. The second-order valence-electron chi connectivity index (χ2n) is 5.08. The average molecular weight is 307 g/mol. The van der Waals surface area contributed by atoms with E-state index >= 15 is 0 Å². The molecule has 1 amide bonds. The predicted octanol–water partition coefficient (Wildman–Crippen LogP) is 1.40. The van der Waals surface area contributed by atoms with E-state index in [-0.39, 0.29) is 11.3 Å². The largest absolute Gasteiger partial charge is 0.480 e. The molecule has 1 heterocycles. The van der Waals surface area contributed by atoms with E-state index in [0.717, 1.165) is 32.4 Å². The van der Waals surface area contributed by atoms with Crippen molar-refractivity contribution in [2.24, 2.45) is 0 Å². The van der Waals surface area contributed by atoms with Gasteiger partial charge >= 0.3 is 5.97 Å². The van der Waals surface area contributed by atoms with Crippen LogP contribution in [0.5, 0.6) is 0 Å². The number of hydrogen-bond acceptors (Lipinski definition) is 5. The lowest BCUT2D eigenvalue weighted by Crippen LogP contribution is -2.31. The van der Waals surface area contributed by atoms with Gasteiger partial charge in [-0.25, -0.2) is 0 Å². The number of benzene rings is 1. The molecule has 118 valence electrons. The minimum absolute atomic E-state index is 0.0775. The Hall–Kier alpha value is -2.64. The zero-order valence-corrected chi connectivity index (χ0v) is 11.9. The fourth-order valence-electron chi connectivity index (χ4n) is 2.47. The van der Waals surface area contributed by atoms with Crippen LogP contribution >= 0.6 is 0 Å². The van der Waals surface area contributed by atoms with Crippen LogP contribution in [-0.2, 0) is 4.79 Å². The zero-order valence-electron chi connectivity index (χ0n) is 11.9. The topological polar surface area (TPSA) is 113 Å². The molecule has 1 aromatic carbocycles. The molecule has 0 radical (unpaired) electrons. The van der Waals surface area contributed by atoms with Crippen LogP contribution in [0, 0.1) is 10.1 Å². The van der Waals surface area contributed by atoms with Crippen molar-refractivity contribution in [2.45, 2.75) is 19.3 Å². The third-order valence-electron chi connectivity index (χ3n) is 3.53. The number of carboxylic acids is 1. The number of amides is 1. The van der Waals surface area contributed by atoms with Gasteiger partial charge in [0.15, 0.2) is 0 Å². The fourth-order valence-corrected chi connectivity index (χ4v) is 2.47. The number of nitrogens with zero attached hydrogens (tertiary/aromatic N) is 2. The Labute approximate surface area is 126 Å². The summed E-state index contributed by atoms with van der Waals surface area (Å²) in [4.78, 5) is 34.9. The zero-order chi connectivity index (χ0) is 16.1. The SMILES string of the molecule is O=C(O)CNC(=O)c1ccc(N2CCCCC2)c([N+](=O)[O-])c1. The summed E-state index contributed by atoms with van der Waals surface area (Å²) in [5.74, 6) is -1.82. The first-order valence-corrected chi connectivity index (χ1v) is 7.02. The van der Waals surface area contributed by atoms with Gasteiger partial charge in [0.2, 0.25) is 0 Å². The van der Waals surface area contributed by atoms with Gasteiger partial charge in [0.25, 0.3) is 11.6 Å². The molecule has 8 nitrogen and oxygen atoms in total. The van der Waals surface area contributed by atoms with Crippen LogP contribution in [0.1, 0.15) is 29.6 Å². The number of nitro groups is 1. The minimum atomic E-state index is -1.17. The van der Waals surface area contributed by atoms with E-state index in [2.05, 4.69) is 5.32 Å². The number of carboxylic acid groups (broad SMARTS) is 1. The highest BCUT2D eigenvalue weighted by molar-refractivity contribution is 5.97. The molecule has 1 aliphatic rings. The van der Waals surface area contributed by atoms with Gasteiger partial charge in [-0.2, -0.15) is 0 Å². The highest BCUT2D eigenvalue weighted by atomic mass is 16.6. The number of nitrogens with one attached hydrogen (secondary N) is 1. The molecular formula is C14H17N3O5. The monoisotopic (exact) mass is 307 g/mol. The van der Waals surface area contributed by atoms with Crippen LogP contribution in [0.15, 0.2) is 18.2 Å². The molecule has 0 bridgehead atoms. The standard InChI is InChI=1S/C14H17N3O5/c18-13(19)9-15-14(20)10-4-5-11(12(8-10)17(21)22)16-6-2-1-3-7-16/h4-5,8H,1-3,6-7,9H2,(H,15,20)(H,18,19). The number of carbonyl (C=O) groups is 2. The summed E-state index contributed by atoms with van der Waals surface area (Å²) < 4.78 is 0. The summed E-state index contributed by atoms with van der Waals surface area (Å²) in [6.45, 7) is 0.983. The highest BCUT2D eigenvalue weighted by Crippen LogP contribution is 2.31. The molecule has 1 saturated heterocycles. The molecule has 1 aliphatic heterocycles. The first kappa shape index (κ1) is 15.7. The molecule has 1 fully saturated rings. The summed E-state index contributed by atoms with van der Waals surface area (Å²) in [7, 11) is 0. The Balaban J connectivity index is 2.24. The molecule has 0 unspecified atom stereocenters. The van der Waals surface area contributed by atoms with E-state index in [1.165, 1.54) is 12.1 Å². The van der Waals surface area contributed by atoms with Crippen LogP contribution in [0.4, 0.5) is 11.4 Å². The second kappa shape index (κ2) is 6.88. The van der Waals surface area contributed by atoms with Crippen LogP contribution in [0.3, 0.4) is 0 Å². The van der Waals surface area contributed by atoms with Crippen molar-refractivity contribution in [1.82, 2.24) is 5.32 Å². The number of carbonyl (C=O) groups excluding carboxylic acids is 1. The summed E-state index contributed by atoms with van der Waals surface area (Å²) in [5, 5.41) is 22.0. The number of anilines is 1. The van der Waals surface area contributed by atoms with Crippen molar-refractivity contribution in [3.05, 3.63) is 33.9 Å².